The van der Waals surface area contributed by atoms with E-state index in [4.69, 9.17) is 13.9 Å². The van der Waals surface area contributed by atoms with Crippen molar-refractivity contribution in [2.75, 3.05) is 6.61 Å². The smallest absolute Gasteiger partial charge is 0.318 e. The zero-order valence-electron chi connectivity index (χ0n) is 14.0. The summed E-state index contributed by atoms with van der Waals surface area (Å²) in [6.07, 6.45) is 3.59. The second-order valence-electron chi connectivity index (χ2n) is 8.70. The van der Waals surface area contributed by atoms with Gasteiger partial charge < -0.3 is 19.0 Å². The molecule has 1 aromatic rings. The van der Waals surface area contributed by atoms with Crippen LogP contribution >= 0.6 is 0 Å². The van der Waals surface area contributed by atoms with Gasteiger partial charge in [-0.15, -0.1) is 0 Å². The fourth-order valence-electron chi connectivity index (χ4n) is 6.94. The number of ketones is 1. The number of ether oxygens (including phenoxy) is 2. The first-order valence-corrected chi connectivity index (χ1v) is 9.09. The molecule has 2 bridgehead atoms. The highest BCUT2D eigenvalue weighted by molar-refractivity contribution is 5.98. The van der Waals surface area contributed by atoms with Gasteiger partial charge in [-0.3, -0.25) is 9.59 Å². The normalized spacial score (nSPS) is 52.4. The van der Waals surface area contributed by atoms with Crippen LogP contribution in [0, 0.1) is 22.7 Å². The van der Waals surface area contributed by atoms with E-state index in [0.29, 0.717) is 31.4 Å². The van der Waals surface area contributed by atoms with Crippen molar-refractivity contribution in [3.63, 3.8) is 0 Å². The van der Waals surface area contributed by atoms with Crippen LogP contribution in [0.15, 0.2) is 16.7 Å². The molecule has 5 fully saturated rings. The van der Waals surface area contributed by atoms with E-state index in [0.717, 1.165) is 12.2 Å². The summed E-state index contributed by atoms with van der Waals surface area (Å²) >= 11 is 0. The van der Waals surface area contributed by atoms with E-state index < -0.39 is 11.2 Å². The van der Waals surface area contributed by atoms with Gasteiger partial charge in [-0.05, 0) is 31.7 Å². The summed E-state index contributed by atoms with van der Waals surface area (Å²) in [6, 6.07) is 1.75. The van der Waals surface area contributed by atoms with E-state index in [1.807, 2.05) is 0 Å². The number of carbonyl (C=O) groups is 2. The number of rotatable bonds is 0. The molecule has 1 N–H and O–H groups in total. The first-order valence-electron chi connectivity index (χ1n) is 9.09. The Morgan fingerprint density at radius 3 is 2.88 bits per heavy atom. The minimum atomic E-state index is -1.45. The Morgan fingerprint density at radius 1 is 1.28 bits per heavy atom. The van der Waals surface area contributed by atoms with Crippen molar-refractivity contribution >= 4 is 11.8 Å². The summed E-state index contributed by atoms with van der Waals surface area (Å²) in [4.78, 5) is 25.5. The molecule has 1 aromatic heterocycles. The zero-order valence-corrected chi connectivity index (χ0v) is 14.0. The van der Waals surface area contributed by atoms with Gasteiger partial charge in [0.25, 0.3) is 0 Å². The quantitative estimate of drug-likeness (QED) is 0.725. The van der Waals surface area contributed by atoms with Crippen LogP contribution in [0.1, 0.15) is 54.6 Å². The van der Waals surface area contributed by atoms with Gasteiger partial charge >= 0.3 is 5.97 Å². The topological polar surface area (TPSA) is 86.0 Å². The molecule has 3 saturated heterocycles. The molecule has 1 spiro atoms. The van der Waals surface area contributed by atoms with Gasteiger partial charge in [-0.1, -0.05) is 0 Å². The van der Waals surface area contributed by atoms with Gasteiger partial charge in [-0.25, -0.2) is 0 Å². The largest absolute Gasteiger partial charge is 0.468 e. The molecule has 7 rings (SSSR count). The molecular weight excluding hydrogens is 324 g/mol. The standard InChI is InChI=1S/C19H20O6/c1-17-15-13(25-16(17)21)6-10-11(7-12(20)9-2-5-23-14(9)10)18(15)3-4-19(17,22)24-8-18/h2,5,10-11,13,15,22H,3-4,6-8H2,1H3. The SMILES string of the molecule is CC12C(=O)OC3CC4c5occc5C(=O)CC4C4(CCC1(O)OC4)C32. The fourth-order valence-corrected chi connectivity index (χ4v) is 6.94. The van der Waals surface area contributed by atoms with E-state index in [-0.39, 0.29) is 41.0 Å². The van der Waals surface area contributed by atoms with Crippen molar-refractivity contribution in [2.24, 2.45) is 22.7 Å². The second kappa shape index (κ2) is 4.01. The average Bonchev–Trinajstić information content (AvgIpc) is 3.17. The van der Waals surface area contributed by atoms with Crippen LogP contribution in [0.2, 0.25) is 0 Å². The minimum absolute atomic E-state index is 0.0620. The van der Waals surface area contributed by atoms with Crippen LogP contribution in [0.4, 0.5) is 0 Å². The summed E-state index contributed by atoms with van der Waals surface area (Å²) < 4.78 is 17.4. The first-order chi connectivity index (χ1) is 11.9. The lowest BCUT2D eigenvalue weighted by Crippen LogP contribution is -2.72. The maximum Gasteiger partial charge on any atom is 0.318 e. The van der Waals surface area contributed by atoms with E-state index in [2.05, 4.69) is 0 Å². The average molecular weight is 344 g/mol. The van der Waals surface area contributed by atoms with Crippen molar-refractivity contribution < 1.29 is 28.6 Å². The maximum absolute atomic E-state index is 12.8. The molecule has 2 saturated carbocycles. The molecule has 6 heteroatoms. The monoisotopic (exact) mass is 344 g/mol. The number of furan rings is 1. The van der Waals surface area contributed by atoms with Crippen LogP contribution < -0.4 is 0 Å². The number of hydrogen-bond acceptors (Lipinski definition) is 6. The molecule has 25 heavy (non-hydrogen) atoms. The molecule has 7 unspecified atom stereocenters. The van der Waals surface area contributed by atoms with Gasteiger partial charge in [0.05, 0.1) is 18.4 Å². The van der Waals surface area contributed by atoms with Crippen LogP contribution in [0.3, 0.4) is 0 Å². The Labute approximate surface area is 144 Å². The van der Waals surface area contributed by atoms with Gasteiger partial charge in [-0.2, -0.15) is 0 Å². The van der Waals surface area contributed by atoms with E-state index in [9.17, 15) is 14.7 Å². The molecule has 6 nitrogen and oxygen atoms in total. The predicted octanol–water partition coefficient (Wildman–Crippen LogP) is 2.02. The zero-order chi connectivity index (χ0) is 17.2. The van der Waals surface area contributed by atoms with Crippen LogP contribution in [-0.2, 0) is 14.3 Å². The third kappa shape index (κ3) is 1.33. The predicted molar refractivity (Wildman–Crippen MR) is 82.5 cm³/mol. The molecule has 6 aliphatic rings. The van der Waals surface area contributed by atoms with Crippen LogP contribution in [0.25, 0.3) is 0 Å². The molecule has 3 aliphatic heterocycles. The van der Waals surface area contributed by atoms with Crippen molar-refractivity contribution in [3.8, 4) is 0 Å². The molecule has 3 aliphatic carbocycles. The van der Waals surface area contributed by atoms with Gasteiger partial charge in [0.15, 0.2) is 11.6 Å². The Balaban J connectivity index is 1.57. The molecule has 4 heterocycles. The maximum atomic E-state index is 12.8. The number of hydrogen-bond donors (Lipinski definition) is 1. The summed E-state index contributed by atoms with van der Waals surface area (Å²) in [7, 11) is 0. The van der Waals surface area contributed by atoms with E-state index >= 15 is 0 Å². The number of aliphatic hydroxyl groups is 1. The lowest BCUT2D eigenvalue weighted by molar-refractivity contribution is -0.373. The minimum Gasteiger partial charge on any atom is -0.468 e. The van der Waals surface area contributed by atoms with Crippen LogP contribution in [-0.4, -0.2) is 35.4 Å². The summed E-state index contributed by atoms with van der Waals surface area (Å²) in [5, 5.41) is 11.0. The van der Waals surface area contributed by atoms with Crippen molar-refractivity contribution in [1.82, 2.24) is 0 Å². The number of fused-ring (bicyclic) bond motifs is 5. The van der Waals surface area contributed by atoms with Gasteiger partial charge in [0.2, 0.25) is 0 Å². The number of carbonyl (C=O) groups excluding carboxylic acids is 2. The van der Waals surface area contributed by atoms with Crippen molar-refractivity contribution in [3.05, 3.63) is 23.7 Å². The molecule has 0 aromatic carbocycles. The Bertz CT molecular complexity index is 816. The molecule has 7 atom stereocenters. The number of Topliss-reactive ketones (excluding diaryl/α,β-unsaturated/α-hetero) is 1. The highest BCUT2D eigenvalue weighted by Crippen LogP contribution is 2.73. The highest BCUT2D eigenvalue weighted by atomic mass is 16.6. The van der Waals surface area contributed by atoms with E-state index in [1.165, 1.54) is 0 Å². The van der Waals surface area contributed by atoms with Crippen molar-refractivity contribution in [2.45, 2.75) is 50.4 Å². The molecular formula is C19H20O6. The van der Waals surface area contributed by atoms with Crippen LogP contribution in [0.5, 0.6) is 0 Å². The Hall–Kier alpha value is -1.66. The Kier molecular flexibility index (Phi) is 2.33. The lowest BCUT2D eigenvalue weighted by Gasteiger charge is -2.66. The second-order valence-corrected chi connectivity index (χ2v) is 8.70. The van der Waals surface area contributed by atoms with Crippen molar-refractivity contribution in [1.29, 1.82) is 0 Å². The Morgan fingerprint density at radius 2 is 2.12 bits per heavy atom. The summed E-state index contributed by atoms with van der Waals surface area (Å²) in [5.41, 5.74) is -0.697. The van der Waals surface area contributed by atoms with Gasteiger partial charge in [0, 0.05) is 30.1 Å². The highest BCUT2D eigenvalue weighted by Gasteiger charge is 2.80. The molecule has 0 radical (unpaired) electrons. The summed E-state index contributed by atoms with van der Waals surface area (Å²) in [5.74, 6) is -0.942. The molecule has 132 valence electrons. The van der Waals surface area contributed by atoms with E-state index in [1.54, 1.807) is 19.3 Å². The number of esters is 1. The molecule has 0 amide bonds. The van der Waals surface area contributed by atoms with Gasteiger partial charge in [0.1, 0.15) is 17.3 Å². The third-order valence-electron chi connectivity index (χ3n) is 8.06. The third-order valence-corrected chi connectivity index (χ3v) is 8.06. The fraction of sp³-hybridized carbons (Fsp3) is 0.684. The lowest BCUT2D eigenvalue weighted by atomic mass is 9.41. The first kappa shape index (κ1) is 14.5. The summed E-state index contributed by atoms with van der Waals surface area (Å²) in [6.45, 7) is 2.16.